The van der Waals surface area contributed by atoms with Crippen LogP contribution in [-0.2, 0) is 14.8 Å². The number of nitrogens with zero attached hydrogens (tertiary/aromatic N) is 1. The molecule has 7 nitrogen and oxygen atoms in total. The minimum atomic E-state index is -4.08. The fraction of sp³-hybridized carbons (Fsp3) is 0.269. The molecule has 0 fully saturated rings. The maximum atomic E-state index is 13.6. The molecular weight excluding hydrogens is 452 g/mol. The summed E-state index contributed by atoms with van der Waals surface area (Å²) in [4.78, 5) is 13.2. The Morgan fingerprint density at radius 2 is 1.65 bits per heavy atom. The van der Waals surface area contributed by atoms with Crippen LogP contribution in [0.2, 0.25) is 0 Å². The molecule has 0 unspecified atom stereocenters. The van der Waals surface area contributed by atoms with Gasteiger partial charge in [-0.05, 0) is 43.2 Å². The zero-order valence-electron chi connectivity index (χ0n) is 19.8. The SMILES string of the molecule is CC[C@@H](NC(=O)CN(c1cc(OC)ccc1OC)S(=O)(=O)c1ccccc1)c1ccc(C)cc1. The first-order valence-corrected chi connectivity index (χ1v) is 12.4. The first kappa shape index (κ1) is 25.1. The van der Waals surface area contributed by atoms with E-state index in [2.05, 4.69) is 5.32 Å². The Labute approximate surface area is 201 Å². The van der Waals surface area contributed by atoms with Gasteiger partial charge in [0.25, 0.3) is 10.0 Å². The van der Waals surface area contributed by atoms with Crippen LogP contribution in [0.5, 0.6) is 11.5 Å². The zero-order chi connectivity index (χ0) is 24.7. The van der Waals surface area contributed by atoms with Gasteiger partial charge in [-0.1, -0.05) is 55.0 Å². The molecule has 0 aliphatic heterocycles. The third-order valence-electron chi connectivity index (χ3n) is 5.50. The normalized spacial score (nSPS) is 12.0. The maximum absolute atomic E-state index is 13.6. The minimum absolute atomic E-state index is 0.0678. The number of hydrogen-bond acceptors (Lipinski definition) is 5. The molecule has 3 rings (SSSR count). The van der Waals surface area contributed by atoms with Crippen LogP contribution in [-0.4, -0.2) is 35.1 Å². The molecule has 1 N–H and O–H groups in total. The number of carbonyl (C=O) groups is 1. The molecule has 0 spiro atoms. The Kier molecular flexibility index (Phi) is 8.17. The van der Waals surface area contributed by atoms with E-state index in [1.165, 1.54) is 26.4 Å². The molecule has 1 amide bonds. The van der Waals surface area contributed by atoms with Gasteiger partial charge in [0.05, 0.1) is 30.8 Å². The molecule has 0 saturated carbocycles. The lowest BCUT2D eigenvalue weighted by Gasteiger charge is -2.27. The first-order chi connectivity index (χ1) is 16.3. The summed E-state index contributed by atoms with van der Waals surface area (Å²) in [6.07, 6.45) is 0.655. The molecule has 34 heavy (non-hydrogen) atoms. The van der Waals surface area contributed by atoms with Gasteiger partial charge in [0.1, 0.15) is 18.0 Å². The van der Waals surface area contributed by atoms with Crippen molar-refractivity contribution in [1.82, 2.24) is 5.32 Å². The quantitative estimate of drug-likeness (QED) is 0.461. The molecule has 0 aliphatic carbocycles. The Morgan fingerprint density at radius 3 is 2.24 bits per heavy atom. The third kappa shape index (κ3) is 5.69. The number of benzene rings is 3. The van der Waals surface area contributed by atoms with Gasteiger partial charge in [0, 0.05) is 6.07 Å². The van der Waals surface area contributed by atoms with Crippen molar-refractivity contribution in [2.75, 3.05) is 25.1 Å². The van der Waals surface area contributed by atoms with Crippen molar-refractivity contribution < 1.29 is 22.7 Å². The Morgan fingerprint density at radius 1 is 0.971 bits per heavy atom. The van der Waals surface area contributed by atoms with Crippen molar-refractivity contribution in [3.8, 4) is 11.5 Å². The van der Waals surface area contributed by atoms with Gasteiger partial charge in [-0.25, -0.2) is 8.42 Å². The van der Waals surface area contributed by atoms with E-state index < -0.39 is 22.5 Å². The highest BCUT2D eigenvalue weighted by Crippen LogP contribution is 2.35. The van der Waals surface area contributed by atoms with E-state index in [1.807, 2.05) is 38.1 Å². The van der Waals surface area contributed by atoms with E-state index in [1.54, 1.807) is 36.4 Å². The molecule has 0 radical (unpaired) electrons. The summed E-state index contributed by atoms with van der Waals surface area (Å²) in [5.74, 6) is 0.311. The Bertz CT molecular complexity index is 1210. The van der Waals surface area contributed by atoms with Crippen LogP contribution < -0.4 is 19.1 Å². The average molecular weight is 483 g/mol. The van der Waals surface area contributed by atoms with Crippen LogP contribution in [0.15, 0.2) is 77.7 Å². The van der Waals surface area contributed by atoms with E-state index in [9.17, 15) is 13.2 Å². The predicted molar refractivity (Wildman–Crippen MR) is 133 cm³/mol. The molecule has 3 aromatic carbocycles. The smallest absolute Gasteiger partial charge is 0.264 e. The lowest BCUT2D eigenvalue weighted by molar-refractivity contribution is -0.120. The Balaban J connectivity index is 1.99. The lowest BCUT2D eigenvalue weighted by atomic mass is 10.0. The summed E-state index contributed by atoms with van der Waals surface area (Å²) in [6.45, 7) is 3.54. The van der Waals surface area contributed by atoms with Gasteiger partial charge >= 0.3 is 0 Å². The van der Waals surface area contributed by atoms with Crippen LogP contribution in [0.3, 0.4) is 0 Å². The number of aryl methyl sites for hydroxylation is 1. The fourth-order valence-corrected chi connectivity index (χ4v) is 5.05. The number of ether oxygens (including phenoxy) is 2. The number of hydrogen-bond donors (Lipinski definition) is 1. The predicted octanol–water partition coefficient (Wildman–Crippen LogP) is 4.48. The highest BCUT2D eigenvalue weighted by atomic mass is 32.2. The summed E-state index contributed by atoms with van der Waals surface area (Å²) in [6, 6.07) is 20.5. The zero-order valence-corrected chi connectivity index (χ0v) is 20.6. The van der Waals surface area contributed by atoms with Crippen molar-refractivity contribution in [3.63, 3.8) is 0 Å². The van der Waals surface area contributed by atoms with E-state index >= 15 is 0 Å². The van der Waals surface area contributed by atoms with Crippen molar-refractivity contribution in [2.24, 2.45) is 0 Å². The number of nitrogens with one attached hydrogen (secondary N) is 1. The number of sulfonamides is 1. The van der Waals surface area contributed by atoms with Crippen molar-refractivity contribution in [2.45, 2.75) is 31.2 Å². The van der Waals surface area contributed by atoms with E-state index in [-0.39, 0.29) is 16.6 Å². The number of amides is 1. The van der Waals surface area contributed by atoms with Crippen LogP contribution in [0, 0.1) is 6.92 Å². The summed E-state index contributed by atoms with van der Waals surface area (Å²) in [5, 5.41) is 2.98. The molecule has 3 aromatic rings. The Hall–Kier alpha value is -3.52. The van der Waals surface area contributed by atoms with Gasteiger partial charge in [0.2, 0.25) is 5.91 Å². The summed E-state index contributed by atoms with van der Waals surface area (Å²) < 4.78 is 39.1. The summed E-state index contributed by atoms with van der Waals surface area (Å²) >= 11 is 0. The molecule has 8 heteroatoms. The highest BCUT2D eigenvalue weighted by molar-refractivity contribution is 7.92. The number of anilines is 1. The maximum Gasteiger partial charge on any atom is 0.264 e. The molecule has 0 bridgehead atoms. The van der Waals surface area contributed by atoms with Crippen molar-refractivity contribution in [3.05, 3.63) is 83.9 Å². The van der Waals surface area contributed by atoms with Crippen LogP contribution >= 0.6 is 0 Å². The van der Waals surface area contributed by atoms with Gasteiger partial charge in [-0.3, -0.25) is 9.10 Å². The molecule has 180 valence electrons. The second-order valence-corrected chi connectivity index (χ2v) is 9.66. The van der Waals surface area contributed by atoms with Crippen molar-refractivity contribution >= 4 is 21.6 Å². The van der Waals surface area contributed by atoms with E-state index in [0.29, 0.717) is 17.9 Å². The molecule has 0 saturated heterocycles. The van der Waals surface area contributed by atoms with Crippen LogP contribution in [0.1, 0.15) is 30.5 Å². The largest absolute Gasteiger partial charge is 0.497 e. The number of rotatable bonds is 10. The van der Waals surface area contributed by atoms with Crippen LogP contribution in [0.25, 0.3) is 0 Å². The molecule has 0 heterocycles. The van der Waals surface area contributed by atoms with Crippen molar-refractivity contribution in [1.29, 1.82) is 0 Å². The standard InChI is InChI=1S/C26H30N2O5S/c1-5-23(20-13-11-19(2)12-14-20)27-26(29)18-28(34(30,31)22-9-7-6-8-10-22)24-17-21(32-3)15-16-25(24)33-4/h6-17,23H,5,18H2,1-4H3,(H,27,29)/t23-/m1/s1. The lowest BCUT2D eigenvalue weighted by Crippen LogP contribution is -2.42. The fourth-order valence-electron chi connectivity index (χ4n) is 3.60. The third-order valence-corrected chi connectivity index (χ3v) is 7.27. The van der Waals surface area contributed by atoms with E-state index in [0.717, 1.165) is 15.4 Å². The van der Waals surface area contributed by atoms with Gasteiger partial charge in [0.15, 0.2) is 0 Å². The molecule has 0 aromatic heterocycles. The second kappa shape index (κ2) is 11.1. The van der Waals surface area contributed by atoms with Gasteiger partial charge < -0.3 is 14.8 Å². The van der Waals surface area contributed by atoms with Gasteiger partial charge in [-0.15, -0.1) is 0 Å². The highest BCUT2D eigenvalue weighted by Gasteiger charge is 2.30. The monoisotopic (exact) mass is 482 g/mol. The topological polar surface area (TPSA) is 84.9 Å². The summed E-state index contributed by atoms with van der Waals surface area (Å²) in [7, 11) is -1.15. The average Bonchev–Trinajstić information content (AvgIpc) is 2.86. The van der Waals surface area contributed by atoms with Crippen LogP contribution in [0.4, 0.5) is 5.69 Å². The number of carbonyl (C=O) groups excluding carboxylic acids is 1. The minimum Gasteiger partial charge on any atom is -0.497 e. The molecular formula is C26H30N2O5S. The van der Waals surface area contributed by atoms with E-state index in [4.69, 9.17) is 9.47 Å². The first-order valence-electron chi connectivity index (χ1n) is 11.0. The molecule has 0 aliphatic rings. The summed E-state index contributed by atoms with van der Waals surface area (Å²) in [5.41, 5.74) is 2.29. The van der Waals surface area contributed by atoms with Gasteiger partial charge in [-0.2, -0.15) is 0 Å². The second-order valence-electron chi connectivity index (χ2n) is 7.80. The molecule has 1 atom stereocenters. The number of methoxy groups -OCH3 is 2.